The Morgan fingerprint density at radius 1 is 1.18 bits per heavy atom. The van der Waals surface area contributed by atoms with E-state index < -0.39 is 0 Å². The summed E-state index contributed by atoms with van der Waals surface area (Å²) in [7, 11) is 1.66. The molecule has 1 aliphatic carbocycles. The first-order valence-corrected chi connectivity index (χ1v) is 10.2. The van der Waals surface area contributed by atoms with Crippen LogP contribution >= 0.6 is 0 Å². The lowest BCUT2D eigenvalue weighted by Gasteiger charge is -2.33. The molecule has 28 heavy (non-hydrogen) atoms. The third kappa shape index (κ3) is 5.32. The first-order chi connectivity index (χ1) is 13.7. The number of amides is 1. The zero-order valence-corrected chi connectivity index (χ0v) is 16.6. The van der Waals surface area contributed by atoms with Crippen LogP contribution in [0.15, 0.2) is 48.7 Å². The quantitative estimate of drug-likeness (QED) is 0.732. The number of nitrogens with one attached hydrogen (secondary N) is 1. The van der Waals surface area contributed by atoms with Crippen LogP contribution in [0.1, 0.15) is 49.4 Å². The minimum Gasteiger partial charge on any atom is -0.496 e. The van der Waals surface area contributed by atoms with E-state index >= 15 is 0 Å². The topological polar surface area (TPSA) is 77.2 Å². The first kappa shape index (κ1) is 20.3. The van der Waals surface area contributed by atoms with Gasteiger partial charge in [-0.15, -0.1) is 0 Å². The Balaban J connectivity index is 1.65. The molecule has 0 spiro atoms. The molecule has 0 aliphatic heterocycles. The molecule has 1 aromatic carbocycles. The molecule has 1 heterocycles. The van der Waals surface area contributed by atoms with Gasteiger partial charge in [-0.1, -0.05) is 24.3 Å². The summed E-state index contributed by atoms with van der Waals surface area (Å²) in [5.74, 6) is 1.91. The van der Waals surface area contributed by atoms with Gasteiger partial charge in [-0.3, -0.25) is 9.78 Å². The van der Waals surface area contributed by atoms with E-state index in [4.69, 9.17) is 10.5 Å². The van der Waals surface area contributed by atoms with Crippen LogP contribution in [0.3, 0.4) is 0 Å². The van der Waals surface area contributed by atoms with Crippen molar-refractivity contribution in [3.8, 4) is 5.75 Å². The third-order valence-electron chi connectivity index (χ3n) is 5.83. The van der Waals surface area contributed by atoms with Crippen LogP contribution < -0.4 is 15.8 Å². The largest absolute Gasteiger partial charge is 0.496 e. The van der Waals surface area contributed by atoms with E-state index in [0.717, 1.165) is 49.2 Å². The minimum absolute atomic E-state index is 0.0370. The second-order valence-electron chi connectivity index (χ2n) is 7.63. The van der Waals surface area contributed by atoms with E-state index in [-0.39, 0.29) is 11.9 Å². The predicted molar refractivity (Wildman–Crippen MR) is 111 cm³/mol. The fourth-order valence-electron chi connectivity index (χ4n) is 4.15. The highest BCUT2D eigenvalue weighted by molar-refractivity contribution is 5.76. The van der Waals surface area contributed by atoms with Crippen LogP contribution in [0.4, 0.5) is 0 Å². The van der Waals surface area contributed by atoms with Crippen molar-refractivity contribution in [2.24, 2.45) is 17.6 Å². The number of pyridine rings is 1. The Bertz CT molecular complexity index is 743. The molecule has 150 valence electrons. The smallest absolute Gasteiger partial charge is 0.220 e. The minimum atomic E-state index is -0.0370. The fraction of sp³-hybridized carbons (Fsp3) is 0.478. The van der Waals surface area contributed by atoms with Gasteiger partial charge in [0.15, 0.2) is 0 Å². The Kier molecular flexibility index (Phi) is 7.43. The monoisotopic (exact) mass is 381 g/mol. The molecule has 1 atom stereocenters. The lowest BCUT2D eigenvalue weighted by molar-refractivity contribution is -0.122. The summed E-state index contributed by atoms with van der Waals surface area (Å²) in [5.41, 5.74) is 7.84. The molecule has 5 heteroatoms. The summed E-state index contributed by atoms with van der Waals surface area (Å²) in [6.07, 6.45) is 7.30. The highest BCUT2D eigenvalue weighted by Crippen LogP contribution is 2.36. The summed E-state index contributed by atoms with van der Waals surface area (Å²) in [5, 5.41) is 3.27. The van der Waals surface area contributed by atoms with Gasteiger partial charge < -0.3 is 15.8 Å². The predicted octanol–water partition coefficient (Wildman–Crippen LogP) is 3.65. The van der Waals surface area contributed by atoms with Gasteiger partial charge in [-0.25, -0.2) is 0 Å². The lowest BCUT2D eigenvalue weighted by Crippen LogP contribution is -2.36. The summed E-state index contributed by atoms with van der Waals surface area (Å²) in [6, 6.07) is 13.7. The van der Waals surface area contributed by atoms with E-state index in [1.54, 1.807) is 13.3 Å². The van der Waals surface area contributed by atoms with E-state index in [1.807, 2.05) is 42.5 Å². The molecular formula is C23H31N3O2. The van der Waals surface area contributed by atoms with Gasteiger partial charge in [-0.2, -0.15) is 0 Å². The van der Waals surface area contributed by atoms with Gasteiger partial charge in [0.25, 0.3) is 0 Å². The van der Waals surface area contributed by atoms with E-state index in [1.165, 1.54) is 0 Å². The second kappa shape index (κ2) is 10.2. The average Bonchev–Trinajstić information content (AvgIpc) is 2.77. The van der Waals surface area contributed by atoms with Crippen LogP contribution in [0.25, 0.3) is 0 Å². The molecule has 1 amide bonds. The number of rotatable bonds is 8. The number of benzene rings is 1. The summed E-state index contributed by atoms with van der Waals surface area (Å²) < 4.78 is 5.39. The number of aryl methyl sites for hydroxylation is 1. The molecule has 0 bridgehead atoms. The van der Waals surface area contributed by atoms with Crippen molar-refractivity contribution >= 4 is 5.91 Å². The number of nitrogens with two attached hydrogens (primary N) is 1. The van der Waals surface area contributed by atoms with Gasteiger partial charge in [0, 0.05) is 12.6 Å². The van der Waals surface area contributed by atoms with Crippen LogP contribution in [-0.2, 0) is 11.2 Å². The number of hydrogen-bond acceptors (Lipinski definition) is 4. The second-order valence-corrected chi connectivity index (χ2v) is 7.63. The Morgan fingerprint density at radius 3 is 2.61 bits per heavy atom. The van der Waals surface area contributed by atoms with Gasteiger partial charge in [0.2, 0.25) is 5.91 Å². The van der Waals surface area contributed by atoms with Crippen molar-refractivity contribution in [1.29, 1.82) is 0 Å². The number of methoxy groups -OCH3 is 1. The number of ether oxygens (including phenoxy) is 1. The van der Waals surface area contributed by atoms with Crippen LogP contribution in [0.2, 0.25) is 0 Å². The number of carbonyl (C=O) groups excluding carboxylic acids is 1. The highest BCUT2D eigenvalue weighted by Gasteiger charge is 2.30. The molecule has 0 unspecified atom stereocenters. The molecule has 5 nitrogen and oxygen atoms in total. The van der Waals surface area contributed by atoms with Crippen molar-refractivity contribution < 1.29 is 9.53 Å². The number of para-hydroxylation sites is 1. The number of aromatic nitrogens is 1. The number of nitrogens with zero attached hydrogens (tertiary/aromatic N) is 1. The van der Waals surface area contributed by atoms with Crippen molar-refractivity contribution in [1.82, 2.24) is 10.3 Å². The number of carbonyl (C=O) groups is 1. The maximum absolute atomic E-state index is 12.8. The molecule has 1 fully saturated rings. The van der Waals surface area contributed by atoms with Gasteiger partial charge >= 0.3 is 0 Å². The molecule has 1 saturated carbocycles. The summed E-state index contributed by atoms with van der Waals surface area (Å²) >= 11 is 0. The van der Waals surface area contributed by atoms with Crippen LogP contribution in [-0.4, -0.2) is 24.5 Å². The van der Waals surface area contributed by atoms with E-state index in [9.17, 15) is 4.79 Å². The Labute approximate surface area is 167 Å². The van der Waals surface area contributed by atoms with Crippen LogP contribution in [0.5, 0.6) is 5.75 Å². The van der Waals surface area contributed by atoms with Gasteiger partial charge in [0.1, 0.15) is 5.75 Å². The molecular weight excluding hydrogens is 350 g/mol. The number of hydrogen-bond donors (Lipinski definition) is 2. The van der Waals surface area contributed by atoms with E-state index in [2.05, 4.69) is 10.3 Å². The molecule has 1 aliphatic rings. The highest BCUT2D eigenvalue weighted by atomic mass is 16.5. The molecule has 2 aromatic rings. The SMILES string of the molecule is COc1ccccc1CCC(=O)N[C@H](c1ccccn1)C1CCC(CN)CC1. The molecule has 0 radical (unpaired) electrons. The maximum Gasteiger partial charge on any atom is 0.220 e. The van der Waals surface area contributed by atoms with Crippen molar-refractivity contribution in [2.45, 2.75) is 44.6 Å². The fourth-order valence-corrected chi connectivity index (χ4v) is 4.15. The van der Waals surface area contributed by atoms with E-state index in [0.29, 0.717) is 24.7 Å². The molecule has 0 saturated heterocycles. The zero-order valence-electron chi connectivity index (χ0n) is 16.6. The molecule has 3 rings (SSSR count). The lowest BCUT2D eigenvalue weighted by atomic mass is 9.77. The van der Waals surface area contributed by atoms with Gasteiger partial charge in [-0.05, 0) is 74.2 Å². The van der Waals surface area contributed by atoms with Crippen molar-refractivity contribution in [3.05, 3.63) is 59.9 Å². The first-order valence-electron chi connectivity index (χ1n) is 10.2. The third-order valence-corrected chi connectivity index (χ3v) is 5.83. The summed E-state index contributed by atoms with van der Waals surface area (Å²) in [4.78, 5) is 17.3. The van der Waals surface area contributed by atoms with Crippen molar-refractivity contribution in [2.75, 3.05) is 13.7 Å². The Hall–Kier alpha value is -2.40. The maximum atomic E-state index is 12.8. The molecule has 3 N–H and O–H groups in total. The van der Waals surface area contributed by atoms with Gasteiger partial charge in [0.05, 0.1) is 18.8 Å². The standard InChI is InChI=1S/C23H31N3O2/c1-28-21-8-3-2-6-18(21)13-14-22(27)26-23(20-7-4-5-15-25-20)19-11-9-17(16-24)10-12-19/h2-8,15,17,19,23H,9-14,16,24H2,1H3,(H,26,27)/t17?,19?,23-/m0/s1. The Morgan fingerprint density at radius 2 is 1.93 bits per heavy atom. The molecule has 1 aromatic heterocycles. The van der Waals surface area contributed by atoms with Crippen LogP contribution in [0, 0.1) is 11.8 Å². The average molecular weight is 382 g/mol. The normalized spacial score (nSPS) is 20.4. The van der Waals surface area contributed by atoms with Crippen molar-refractivity contribution in [3.63, 3.8) is 0 Å². The summed E-state index contributed by atoms with van der Waals surface area (Å²) in [6.45, 7) is 0.756. The zero-order chi connectivity index (χ0) is 19.8.